The van der Waals surface area contributed by atoms with Crippen LogP contribution in [-0.4, -0.2) is 23.3 Å². The van der Waals surface area contributed by atoms with Crippen molar-refractivity contribution in [3.05, 3.63) is 295 Å². The number of nitriles is 1. The van der Waals surface area contributed by atoms with E-state index in [1.165, 1.54) is 16.7 Å². The first-order chi connectivity index (χ1) is 46.5. The summed E-state index contributed by atoms with van der Waals surface area (Å²) in [6.07, 6.45) is 0. The fraction of sp³-hybridized carbons (Fsp3) is 0.133. The number of benzene rings is 12. The largest absolute Gasteiger partial charge is 0.309 e. The van der Waals surface area contributed by atoms with Crippen molar-refractivity contribution in [2.75, 3.05) is 0 Å². The lowest BCUT2D eigenvalue weighted by Crippen LogP contribution is -2.15. The number of rotatable bonds is 8. The van der Waals surface area contributed by atoms with Gasteiger partial charge in [0, 0.05) is 76.5 Å². The lowest BCUT2D eigenvalue weighted by Gasteiger charge is -2.30. The molecule has 0 bridgehead atoms. The maximum Gasteiger partial charge on any atom is 0.104 e. The van der Waals surface area contributed by atoms with Gasteiger partial charge in [0.25, 0.3) is 0 Å². The first-order valence-corrected chi connectivity index (χ1v) is 33.5. The lowest BCUT2D eigenvalue weighted by molar-refractivity contribution is 0.591. The Morgan fingerprint density at radius 2 is 0.625 bits per heavy atom. The van der Waals surface area contributed by atoms with Crippen LogP contribution in [0, 0.1) is 11.3 Å². The summed E-state index contributed by atoms with van der Waals surface area (Å²) in [7, 11) is 0. The van der Waals surface area contributed by atoms with Crippen molar-refractivity contribution in [1.82, 2.24) is 23.3 Å². The van der Waals surface area contributed by atoms with E-state index in [4.69, 9.17) is 4.98 Å². The molecule has 0 amide bonds. The number of aromatic nitrogens is 5. The summed E-state index contributed by atoms with van der Waals surface area (Å²) < 4.78 is 9.92. The second-order valence-corrected chi connectivity index (χ2v) is 29.0. The monoisotopic (exact) mass is 1240 g/mol. The lowest BCUT2D eigenvalue weighted by atomic mass is 9.85. The second kappa shape index (κ2) is 21.8. The minimum atomic E-state index is -0.159. The smallest absolute Gasteiger partial charge is 0.104 e. The molecule has 0 N–H and O–H groups in total. The maximum atomic E-state index is 13.5. The first kappa shape index (κ1) is 58.3. The topological polar surface area (TPSA) is 56.4 Å². The number of para-hydroxylation sites is 6. The molecule has 0 aliphatic carbocycles. The predicted molar refractivity (Wildman–Crippen MR) is 404 cm³/mol. The van der Waals surface area contributed by atoms with Crippen LogP contribution in [0.5, 0.6) is 0 Å². The number of hydrogen-bond acceptors (Lipinski definition) is 2. The van der Waals surface area contributed by atoms with E-state index in [1.807, 2.05) is 0 Å². The van der Waals surface area contributed by atoms with Crippen LogP contribution in [0.1, 0.15) is 84.6 Å². The zero-order valence-electron chi connectivity index (χ0n) is 55.7. The van der Waals surface area contributed by atoms with Crippen LogP contribution in [0.25, 0.3) is 155 Å². The Kier molecular flexibility index (Phi) is 13.2. The van der Waals surface area contributed by atoms with Crippen LogP contribution < -0.4 is 0 Å². The van der Waals surface area contributed by atoms with E-state index in [0.29, 0.717) is 5.56 Å². The molecule has 0 radical (unpaired) electrons. The van der Waals surface area contributed by atoms with Gasteiger partial charge in [0.15, 0.2) is 0 Å². The van der Waals surface area contributed by atoms with Crippen molar-refractivity contribution < 1.29 is 0 Å². The van der Waals surface area contributed by atoms with E-state index in [1.54, 1.807) is 0 Å². The molecule has 17 aromatic rings. The molecule has 0 spiro atoms. The minimum Gasteiger partial charge on any atom is -0.309 e. The summed E-state index contributed by atoms with van der Waals surface area (Å²) in [6.45, 7) is 20.7. The molecule has 0 saturated carbocycles. The van der Waals surface area contributed by atoms with Crippen molar-refractivity contribution >= 4 is 87.2 Å². The van der Waals surface area contributed by atoms with Crippen molar-refractivity contribution in [3.8, 4) is 73.6 Å². The third kappa shape index (κ3) is 9.01. The van der Waals surface area contributed by atoms with E-state index >= 15 is 0 Å². The van der Waals surface area contributed by atoms with Crippen molar-refractivity contribution in [2.45, 2.75) is 78.6 Å². The highest BCUT2D eigenvalue weighted by atomic mass is 15.1. The average Bonchev–Trinajstić information content (AvgIpc) is 1.38. The van der Waals surface area contributed by atoms with E-state index in [9.17, 15) is 5.26 Å². The van der Waals surface area contributed by atoms with Gasteiger partial charge in [0.1, 0.15) is 11.6 Å². The van der Waals surface area contributed by atoms with Gasteiger partial charge < -0.3 is 18.3 Å². The zero-order chi connectivity index (χ0) is 65.5. The van der Waals surface area contributed by atoms with Gasteiger partial charge in [0.2, 0.25) is 0 Å². The van der Waals surface area contributed by atoms with Crippen molar-refractivity contribution in [2.24, 2.45) is 0 Å². The van der Waals surface area contributed by atoms with Gasteiger partial charge in [-0.05, 0) is 118 Å². The van der Waals surface area contributed by atoms with Crippen LogP contribution in [0.3, 0.4) is 0 Å². The summed E-state index contributed by atoms with van der Waals surface area (Å²) in [5, 5.41) is 22.5. The zero-order valence-corrected chi connectivity index (χ0v) is 55.7. The van der Waals surface area contributed by atoms with Gasteiger partial charge >= 0.3 is 0 Å². The highest BCUT2D eigenvalue weighted by Crippen LogP contribution is 2.55. The van der Waals surface area contributed by atoms with Crippen LogP contribution in [0.2, 0.25) is 0 Å². The summed E-state index contributed by atoms with van der Waals surface area (Å²) in [6, 6.07) is 103. The fourth-order valence-electron chi connectivity index (χ4n) is 15.3. The van der Waals surface area contributed by atoms with Crippen LogP contribution in [-0.2, 0) is 16.2 Å². The molecule has 96 heavy (non-hydrogen) atoms. The Balaban J connectivity index is 1.21. The minimum absolute atomic E-state index is 0.156. The molecule has 0 fully saturated rings. The van der Waals surface area contributed by atoms with Gasteiger partial charge in [-0.2, -0.15) is 5.26 Å². The quantitative estimate of drug-likeness (QED) is 0.152. The third-order valence-electron chi connectivity index (χ3n) is 20.1. The molecule has 5 aromatic heterocycles. The van der Waals surface area contributed by atoms with E-state index in [0.717, 1.165) is 155 Å². The van der Waals surface area contributed by atoms with E-state index in [-0.39, 0.29) is 16.2 Å². The molecule has 0 aliphatic rings. The summed E-state index contributed by atoms with van der Waals surface area (Å²) in [5.41, 5.74) is 22.4. The molecular weight excluding hydrogens is 1170 g/mol. The molecular formula is C90H72N6. The highest BCUT2D eigenvalue weighted by molar-refractivity contribution is 6.18. The van der Waals surface area contributed by atoms with Crippen molar-refractivity contribution in [3.63, 3.8) is 0 Å². The van der Waals surface area contributed by atoms with E-state index < -0.39 is 0 Å². The number of pyridine rings is 1. The second-order valence-electron chi connectivity index (χ2n) is 29.0. The standard InChI is InChI=1S/C90H72N6/c1-88(2,3)58-44-49-79-68(52-58)63-34-18-24-40-75(63)94(79)85-71(55-91)86(95-76-41-25-19-35-64(76)69-53-59(89(4,5)6)45-50-80(69)95)83(67-47-48-72(56-28-12-10-13-29-56)92-84(67)57-30-14-11-15-31-57)87(96-77-42-26-20-36-65(77)70-54-60(90(7,8)9)46-51-81(70)96)82(85)66-37-21-27-43-78(66)93-73-38-22-16-32-61(73)62-33-17-23-39-74(62)93/h10-54H,1-9H3. The number of fused-ring (bicyclic) bond motifs is 12. The third-order valence-corrected chi connectivity index (χ3v) is 20.1. The molecule has 6 nitrogen and oxygen atoms in total. The molecule has 0 unspecified atom stereocenters. The van der Waals surface area contributed by atoms with Gasteiger partial charge in [-0.1, -0.05) is 250 Å². The SMILES string of the molecule is CC(C)(C)c1ccc2c(c1)c1ccccc1n2-c1c(C#N)c(-n2c3ccccc3c3cc(C(C)(C)C)ccc32)c(-c2ccc(-c3ccccc3)nc2-c2ccccc2)c(-n2c3ccccc3c3cc(C(C)(C)C)ccc32)c1-c1ccccc1-n1c2ccccc2c2ccccc21. The first-order valence-electron chi connectivity index (χ1n) is 33.5. The summed E-state index contributed by atoms with van der Waals surface area (Å²) in [4.78, 5) is 5.92. The van der Waals surface area contributed by atoms with Crippen LogP contribution >= 0.6 is 0 Å². The van der Waals surface area contributed by atoms with E-state index in [2.05, 4.69) is 360 Å². The predicted octanol–water partition coefficient (Wildman–Crippen LogP) is 23.9. The van der Waals surface area contributed by atoms with Gasteiger partial charge in [-0.25, -0.2) is 4.98 Å². The van der Waals surface area contributed by atoms with Gasteiger partial charge in [-0.15, -0.1) is 0 Å². The molecule has 0 saturated heterocycles. The Morgan fingerprint density at radius 3 is 1.04 bits per heavy atom. The Bertz CT molecular complexity index is 6020. The number of nitrogens with zero attached hydrogens (tertiary/aromatic N) is 6. The average molecular weight is 1240 g/mol. The molecule has 17 rings (SSSR count). The molecule has 5 heterocycles. The molecule has 6 heteroatoms. The summed E-state index contributed by atoms with van der Waals surface area (Å²) in [5.74, 6) is 0. The van der Waals surface area contributed by atoms with Crippen molar-refractivity contribution in [1.29, 1.82) is 5.26 Å². The van der Waals surface area contributed by atoms with Gasteiger partial charge in [0.05, 0.1) is 78.3 Å². The Labute approximate surface area is 559 Å². The molecule has 12 aromatic carbocycles. The fourth-order valence-corrected chi connectivity index (χ4v) is 15.3. The number of hydrogen-bond donors (Lipinski definition) is 0. The Hall–Kier alpha value is -11.5. The maximum absolute atomic E-state index is 13.5. The molecule has 462 valence electrons. The Morgan fingerprint density at radius 1 is 0.292 bits per heavy atom. The van der Waals surface area contributed by atoms with Crippen LogP contribution in [0.4, 0.5) is 0 Å². The highest BCUT2D eigenvalue weighted by Gasteiger charge is 2.37. The van der Waals surface area contributed by atoms with Crippen LogP contribution in [0.15, 0.2) is 273 Å². The molecule has 0 aliphatic heterocycles. The normalized spacial score (nSPS) is 12.4. The molecule has 0 atom stereocenters. The summed E-state index contributed by atoms with van der Waals surface area (Å²) >= 11 is 0. The van der Waals surface area contributed by atoms with Gasteiger partial charge in [-0.3, -0.25) is 0 Å².